The number of rotatable bonds is 8. The number of hydrogen-bond donors (Lipinski definition) is 0. The van der Waals surface area contributed by atoms with Crippen molar-refractivity contribution in [3.05, 3.63) is 163 Å². The molecule has 0 aromatic heterocycles. The predicted octanol–water partition coefficient (Wildman–Crippen LogP) is 5.77. The Labute approximate surface area is 218 Å². The summed E-state index contributed by atoms with van der Waals surface area (Å²) in [6, 6.07) is 48.3. The molecule has 0 radical (unpaired) electrons. The molecular weight excluding hydrogens is 495 g/mol. The molecule has 0 heterocycles. The second kappa shape index (κ2) is 10.3. The van der Waals surface area contributed by atoms with Crippen LogP contribution in [0.5, 0.6) is 0 Å². The number of benzene rings is 5. The van der Waals surface area contributed by atoms with Crippen molar-refractivity contribution in [1.82, 2.24) is 0 Å². The molecule has 37 heavy (non-hydrogen) atoms. The first kappa shape index (κ1) is 24.9. The van der Waals surface area contributed by atoms with Crippen LogP contribution in [0, 0.1) is 0 Å². The van der Waals surface area contributed by atoms with Gasteiger partial charge in [0, 0.05) is 0 Å². The van der Waals surface area contributed by atoms with E-state index in [2.05, 4.69) is 0 Å². The van der Waals surface area contributed by atoms with E-state index in [0.717, 1.165) is 26.8 Å². The van der Waals surface area contributed by atoms with Crippen molar-refractivity contribution in [2.24, 2.45) is 0 Å². The summed E-state index contributed by atoms with van der Waals surface area (Å²) < 4.78 is 34.9. The van der Waals surface area contributed by atoms with Crippen molar-refractivity contribution in [3.8, 4) is 0 Å². The summed E-state index contributed by atoms with van der Waals surface area (Å²) in [6.45, 7) is -4.30. The fourth-order valence-electron chi connectivity index (χ4n) is 4.88. The van der Waals surface area contributed by atoms with Gasteiger partial charge in [-0.1, -0.05) is 0 Å². The molecule has 0 spiro atoms. The second-order valence-electron chi connectivity index (χ2n) is 8.66. The molecule has 5 heteroatoms. The van der Waals surface area contributed by atoms with E-state index in [1.165, 1.54) is 5.41 Å². The van der Waals surface area contributed by atoms with E-state index in [1.54, 1.807) is 6.08 Å². The van der Waals surface area contributed by atoms with Crippen LogP contribution in [0.4, 0.5) is 0 Å². The van der Waals surface area contributed by atoms with Crippen LogP contribution in [0.25, 0.3) is 6.08 Å². The summed E-state index contributed by atoms with van der Waals surface area (Å²) in [5.74, 6) is 0. The van der Waals surface area contributed by atoms with Crippen LogP contribution >= 0.6 is 6.83 Å². The van der Waals surface area contributed by atoms with Gasteiger partial charge >= 0.3 is 219 Å². The van der Waals surface area contributed by atoms with E-state index in [1.807, 2.05) is 152 Å². The van der Waals surface area contributed by atoms with Gasteiger partial charge in [0.1, 0.15) is 0 Å². The third-order valence-electron chi connectivity index (χ3n) is 6.48. The Morgan fingerprint density at radius 2 is 0.757 bits per heavy atom. The maximum absolute atomic E-state index is 14.0. The second-order valence-corrected chi connectivity index (χ2v) is 14.7. The molecule has 0 saturated carbocycles. The van der Waals surface area contributed by atoms with Crippen LogP contribution in [0.1, 0.15) is 5.56 Å². The zero-order chi connectivity index (χ0) is 25.6. The number of hydrogen-bond acceptors (Lipinski definition) is 3. The van der Waals surface area contributed by atoms with Crippen molar-refractivity contribution in [2.45, 2.75) is 0 Å². The minimum atomic E-state index is -4.30. The normalized spacial score (nSPS) is 13.1. The molecule has 0 atom stereocenters. The summed E-state index contributed by atoms with van der Waals surface area (Å²) in [5, 5.41) is 4.37. The van der Waals surface area contributed by atoms with Crippen LogP contribution in [0.15, 0.2) is 157 Å². The molecule has 0 N–H and O–H groups in total. The fraction of sp³-hybridized carbons (Fsp3) is 0. The quantitative estimate of drug-likeness (QED) is 0.243. The van der Waals surface area contributed by atoms with Crippen LogP contribution in [0.3, 0.4) is 0 Å². The summed E-state index contributed by atoms with van der Waals surface area (Å²) in [4.78, 5) is 0. The van der Waals surface area contributed by atoms with E-state index in [9.17, 15) is 8.42 Å². The van der Waals surface area contributed by atoms with Gasteiger partial charge in [-0.2, -0.15) is 0 Å². The van der Waals surface area contributed by atoms with Gasteiger partial charge in [0.25, 0.3) is 0 Å². The minimum absolute atomic E-state index is 0.772. The van der Waals surface area contributed by atoms with Crippen molar-refractivity contribution in [3.63, 3.8) is 0 Å². The van der Waals surface area contributed by atoms with E-state index in [0.29, 0.717) is 0 Å². The summed E-state index contributed by atoms with van der Waals surface area (Å²) in [7, 11) is -4.21. The monoisotopic (exact) mass is 522 g/mol. The SMILES string of the molecule is O=S(=O)(C=Cc1ccccc1)OP(c1ccccc1)(c1ccccc1)(c1ccccc1)c1ccccc1. The van der Waals surface area contributed by atoms with Gasteiger partial charge in [0.15, 0.2) is 0 Å². The average Bonchev–Trinajstić information content (AvgIpc) is 2.97. The van der Waals surface area contributed by atoms with E-state index in [4.69, 9.17) is 3.97 Å². The van der Waals surface area contributed by atoms with E-state index in [-0.39, 0.29) is 0 Å². The summed E-state index contributed by atoms with van der Waals surface area (Å²) in [6.07, 6.45) is 1.58. The topological polar surface area (TPSA) is 43.4 Å². The van der Waals surface area contributed by atoms with E-state index < -0.39 is 16.9 Å². The van der Waals surface area contributed by atoms with Crippen molar-refractivity contribution >= 4 is 44.2 Å². The molecule has 3 nitrogen and oxygen atoms in total. The molecule has 0 amide bonds. The molecular formula is C32H27O3PS. The van der Waals surface area contributed by atoms with Crippen LogP contribution in [0.2, 0.25) is 0 Å². The molecule has 0 aliphatic heterocycles. The van der Waals surface area contributed by atoms with Gasteiger partial charge in [0.2, 0.25) is 0 Å². The molecule has 0 saturated heterocycles. The summed E-state index contributed by atoms with van der Waals surface area (Å²) >= 11 is 0. The van der Waals surface area contributed by atoms with Crippen molar-refractivity contribution < 1.29 is 12.4 Å². The van der Waals surface area contributed by atoms with Gasteiger partial charge in [0.05, 0.1) is 0 Å². The Hall–Kier alpha value is -3.82. The zero-order valence-electron chi connectivity index (χ0n) is 20.2. The van der Waals surface area contributed by atoms with Crippen LogP contribution < -0.4 is 21.2 Å². The Balaban J connectivity index is 1.92. The third kappa shape index (κ3) is 4.45. The third-order valence-corrected chi connectivity index (χ3v) is 14.1. The van der Waals surface area contributed by atoms with Crippen LogP contribution in [-0.2, 0) is 14.1 Å². The molecule has 0 fully saturated rings. The predicted molar refractivity (Wildman–Crippen MR) is 157 cm³/mol. The van der Waals surface area contributed by atoms with Gasteiger partial charge in [-0.3, -0.25) is 0 Å². The molecule has 0 aliphatic carbocycles. The van der Waals surface area contributed by atoms with Crippen molar-refractivity contribution in [2.75, 3.05) is 0 Å². The maximum atomic E-state index is 14.0. The molecule has 5 aromatic rings. The molecule has 0 bridgehead atoms. The fourth-order valence-corrected chi connectivity index (χ4v) is 13.2. The average molecular weight is 523 g/mol. The van der Waals surface area contributed by atoms with Gasteiger partial charge in [-0.25, -0.2) is 0 Å². The van der Waals surface area contributed by atoms with Crippen molar-refractivity contribution in [1.29, 1.82) is 0 Å². The molecule has 0 aliphatic rings. The first-order valence-corrected chi connectivity index (χ1v) is 15.6. The molecule has 184 valence electrons. The Kier molecular flexibility index (Phi) is 6.90. The van der Waals surface area contributed by atoms with Gasteiger partial charge < -0.3 is 0 Å². The standard InChI is InChI=1S/C32H27O3PS/c33-37(34,27-26-28-16-6-1-7-17-28)35-36(29-18-8-2-9-19-29,30-20-10-3-11-21-30,31-22-12-4-13-23-31)32-24-14-5-15-25-32/h1-27H. The molecule has 5 aromatic carbocycles. The zero-order valence-corrected chi connectivity index (χ0v) is 21.9. The van der Waals surface area contributed by atoms with E-state index >= 15 is 0 Å². The Morgan fingerprint density at radius 1 is 0.459 bits per heavy atom. The Bertz CT molecular complexity index is 1420. The van der Waals surface area contributed by atoms with Gasteiger partial charge in [-0.15, -0.1) is 0 Å². The molecule has 5 rings (SSSR count). The first-order valence-electron chi connectivity index (χ1n) is 12.0. The summed E-state index contributed by atoms with van der Waals surface area (Å²) in [5.41, 5.74) is 0.772. The molecule has 0 unspecified atom stereocenters. The Morgan fingerprint density at radius 3 is 1.08 bits per heavy atom. The first-order chi connectivity index (χ1) is 18.0. The van der Waals surface area contributed by atoms with Crippen LogP contribution in [-0.4, -0.2) is 8.42 Å². The van der Waals surface area contributed by atoms with Gasteiger partial charge in [-0.05, 0) is 0 Å².